The summed E-state index contributed by atoms with van der Waals surface area (Å²) in [5.74, 6) is 1.59. The van der Waals surface area contributed by atoms with Gasteiger partial charge in [-0.2, -0.15) is 0 Å². The highest BCUT2D eigenvalue weighted by molar-refractivity contribution is 5.97. The second-order valence-electron chi connectivity index (χ2n) is 4.66. The molecule has 2 rings (SSSR count). The van der Waals surface area contributed by atoms with Gasteiger partial charge < -0.3 is 9.47 Å². The highest BCUT2D eigenvalue weighted by atomic mass is 16.7. The van der Waals surface area contributed by atoms with Crippen LogP contribution < -0.4 is 0 Å². The number of ketones is 1. The third-order valence-electron chi connectivity index (χ3n) is 2.75. The summed E-state index contributed by atoms with van der Waals surface area (Å²) in [5, 5.41) is 0. The lowest BCUT2D eigenvalue weighted by atomic mass is 10.1. The van der Waals surface area contributed by atoms with Crippen LogP contribution in [0, 0.1) is 5.92 Å². The molecule has 0 aromatic heterocycles. The zero-order valence-corrected chi connectivity index (χ0v) is 9.41. The Morgan fingerprint density at radius 1 is 1.47 bits per heavy atom. The largest absolute Gasteiger partial charge is 0.468 e. The second-order valence-corrected chi connectivity index (χ2v) is 4.66. The number of allylic oxidation sites excluding steroid dienone is 2. The Balaban J connectivity index is 1.94. The molecule has 0 amide bonds. The van der Waals surface area contributed by atoms with E-state index in [1.165, 1.54) is 0 Å². The molecule has 0 N–H and O–H groups in total. The molecule has 0 saturated carbocycles. The van der Waals surface area contributed by atoms with Crippen LogP contribution in [-0.4, -0.2) is 18.7 Å². The van der Waals surface area contributed by atoms with Crippen LogP contribution in [0.1, 0.15) is 39.5 Å². The van der Waals surface area contributed by atoms with Gasteiger partial charge in [0, 0.05) is 12.0 Å². The van der Waals surface area contributed by atoms with E-state index in [0.717, 1.165) is 30.6 Å². The predicted octanol–water partition coefficient (Wildman–Crippen LogP) is 2.41. The predicted molar refractivity (Wildman–Crippen MR) is 56.2 cm³/mol. The van der Waals surface area contributed by atoms with Gasteiger partial charge in [-0.05, 0) is 18.8 Å². The maximum absolute atomic E-state index is 11.7. The van der Waals surface area contributed by atoms with Crippen molar-refractivity contribution >= 4 is 5.78 Å². The third kappa shape index (κ3) is 2.40. The van der Waals surface area contributed by atoms with Crippen LogP contribution in [0.15, 0.2) is 11.3 Å². The molecule has 15 heavy (non-hydrogen) atoms. The van der Waals surface area contributed by atoms with Gasteiger partial charge in [0.2, 0.25) is 6.29 Å². The number of hydrogen-bond acceptors (Lipinski definition) is 3. The quantitative estimate of drug-likeness (QED) is 0.717. The Kier molecular flexibility index (Phi) is 3.10. The highest BCUT2D eigenvalue weighted by Crippen LogP contribution is 2.34. The lowest BCUT2D eigenvalue weighted by Gasteiger charge is -2.25. The minimum Gasteiger partial charge on any atom is -0.468 e. The first-order chi connectivity index (χ1) is 7.16. The topological polar surface area (TPSA) is 35.5 Å². The molecule has 1 aliphatic heterocycles. The SMILES string of the molecule is CC(C)COC1CC(=O)C2=C(CCC2)O1. The van der Waals surface area contributed by atoms with Gasteiger partial charge in [0.15, 0.2) is 5.78 Å². The smallest absolute Gasteiger partial charge is 0.206 e. The minimum absolute atomic E-state index is 0.225. The first-order valence-corrected chi connectivity index (χ1v) is 5.70. The van der Waals surface area contributed by atoms with Crippen molar-refractivity contribution in [2.45, 2.75) is 45.8 Å². The van der Waals surface area contributed by atoms with Crippen molar-refractivity contribution in [1.29, 1.82) is 0 Å². The van der Waals surface area contributed by atoms with E-state index in [2.05, 4.69) is 13.8 Å². The molecule has 3 heteroatoms. The fraction of sp³-hybridized carbons (Fsp3) is 0.750. The molecule has 0 radical (unpaired) electrons. The molecule has 1 aliphatic carbocycles. The Morgan fingerprint density at radius 2 is 2.27 bits per heavy atom. The Labute approximate surface area is 90.4 Å². The summed E-state index contributed by atoms with van der Waals surface area (Å²) in [6.45, 7) is 4.83. The van der Waals surface area contributed by atoms with E-state index in [9.17, 15) is 4.79 Å². The van der Waals surface area contributed by atoms with Crippen LogP contribution >= 0.6 is 0 Å². The maximum atomic E-state index is 11.7. The van der Waals surface area contributed by atoms with Gasteiger partial charge in [-0.3, -0.25) is 4.79 Å². The molecule has 1 atom stereocenters. The number of Topliss-reactive ketones (excluding diaryl/α,β-unsaturated/α-hetero) is 1. The summed E-state index contributed by atoms with van der Waals surface area (Å²) in [4.78, 5) is 11.7. The molecule has 3 nitrogen and oxygen atoms in total. The van der Waals surface area contributed by atoms with Gasteiger partial charge in [0.1, 0.15) is 5.76 Å². The molecule has 0 fully saturated rings. The second kappa shape index (κ2) is 4.35. The Morgan fingerprint density at radius 3 is 3.00 bits per heavy atom. The van der Waals surface area contributed by atoms with Gasteiger partial charge in [0.05, 0.1) is 13.0 Å². The standard InChI is InChI=1S/C12H18O3/c1-8(2)7-14-12-6-10(13)9-4-3-5-11(9)15-12/h8,12H,3-7H2,1-2H3. The van der Waals surface area contributed by atoms with Crippen LogP contribution in [0.2, 0.25) is 0 Å². The number of carbonyl (C=O) groups excluding carboxylic acids is 1. The molecule has 0 aromatic carbocycles. The average molecular weight is 210 g/mol. The van der Waals surface area contributed by atoms with E-state index in [0.29, 0.717) is 18.9 Å². The molecular formula is C12H18O3. The summed E-state index contributed by atoms with van der Waals surface area (Å²) in [5.41, 5.74) is 0.916. The zero-order valence-electron chi connectivity index (χ0n) is 9.41. The summed E-state index contributed by atoms with van der Waals surface area (Å²) in [6.07, 6.45) is 2.91. The fourth-order valence-corrected chi connectivity index (χ4v) is 2.01. The molecular weight excluding hydrogens is 192 g/mol. The molecule has 0 bridgehead atoms. The lowest BCUT2D eigenvalue weighted by molar-refractivity contribution is -0.149. The first-order valence-electron chi connectivity index (χ1n) is 5.70. The van der Waals surface area contributed by atoms with E-state index in [4.69, 9.17) is 9.47 Å². The van der Waals surface area contributed by atoms with Crippen LogP contribution in [0.3, 0.4) is 0 Å². The van der Waals surface area contributed by atoms with Crippen molar-refractivity contribution in [3.63, 3.8) is 0 Å². The molecule has 2 aliphatic rings. The number of hydrogen-bond donors (Lipinski definition) is 0. The molecule has 0 aromatic rings. The highest BCUT2D eigenvalue weighted by Gasteiger charge is 2.31. The first kappa shape index (κ1) is 10.7. The Hall–Kier alpha value is -0.830. The molecule has 1 unspecified atom stereocenters. The zero-order chi connectivity index (χ0) is 10.8. The molecule has 0 saturated heterocycles. The van der Waals surface area contributed by atoms with Gasteiger partial charge >= 0.3 is 0 Å². The molecule has 1 heterocycles. The average Bonchev–Trinajstić information content (AvgIpc) is 2.63. The van der Waals surface area contributed by atoms with Crippen LogP contribution in [0.4, 0.5) is 0 Å². The van der Waals surface area contributed by atoms with Crippen molar-refractivity contribution in [2.75, 3.05) is 6.61 Å². The van der Waals surface area contributed by atoms with Crippen LogP contribution in [0.25, 0.3) is 0 Å². The van der Waals surface area contributed by atoms with Gasteiger partial charge in [-0.1, -0.05) is 13.8 Å². The van der Waals surface area contributed by atoms with Crippen molar-refractivity contribution in [1.82, 2.24) is 0 Å². The number of carbonyl (C=O) groups is 1. The summed E-state index contributed by atoms with van der Waals surface area (Å²) in [6, 6.07) is 0. The summed E-state index contributed by atoms with van der Waals surface area (Å²) in [7, 11) is 0. The van der Waals surface area contributed by atoms with Gasteiger partial charge in [0.25, 0.3) is 0 Å². The van der Waals surface area contributed by atoms with Crippen LogP contribution in [-0.2, 0) is 14.3 Å². The fourth-order valence-electron chi connectivity index (χ4n) is 2.01. The minimum atomic E-state index is -0.336. The van der Waals surface area contributed by atoms with E-state index in [1.807, 2.05) is 0 Å². The monoisotopic (exact) mass is 210 g/mol. The van der Waals surface area contributed by atoms with E-state index < -0.39 is 0 Å². The van der Waals surface area contributed by atoms with Crippen LogP contribution in [0.5, 0.6) is 0 Å². The van der Waals surface area contributed by atoms with Crippen molar-refractivity contribution < 1.29 is 14.3 Å². The van der Waals surface area contributed by atoms with E-state index in [1.54, 1.807) is 0 Å². The van der Waals surface area contributed by atoms with Crippen molar-refractivity contribution in [2.24, 2.45) is 5.92 Å². The third-order valence-corrected chi connectivity index (χ3v) is 2.75. The van der Waals surface area contributed by atoms with Gasteiger partial charge in [-0.15, -0.1) is 0 Å². The lowest BCUT2D eigenvalue weighted by Crippen LogP contribution is -2.27. The van der Waals surface area contributed by atoms with Gasteiger partial charge in [-0.25, -0.2) is 0 Å². The normalized spacial score (nSPS) is 25.8. The van der Waals surface area contributed by atoms with E-state index >= 15 is 0 Å². The maximum Gasteiger partial charge on any atom is 0.206 e. The van der Waals surface area contributed by atoms with Crippen molar-refractivity contribution in [3.8, 4) is 0 Å². The number of ether oxygens (including phenoxy) is 2. The Bertz CT molecular complexity index is 291. The number of rotatable bonds is 3. The van der Waals surface area contributed by atoms with E-state index in [-0.39, 0.29) is 12.1 Å². The summed E-state index contributed by atoms with van der Waals surface area (Å²) >= 11 is 0. The molecule has 0 spiro atoms. The molecule has 84 valence electrons. The van der Waals surface area contributed by atoms with Crippen molar-refractivity contribution in [3.05, 3.63) is 11.3 Å². The summed E-state index contributed by atoms with van der Waals surface area (Å²) < 4.78 is 11.2.